The number of nitro groups is 1. The van der Waals surface area contributed by atoms with E-state index in [0.29, 0.717) is 23.9 Å². The maximum absolute atomic E-state index is 10.7. The fourth-order valence-electron chi connectivity index (χ4n) is 1.59. The topological polar surface area (TPSA) is 91.3 Å². The van der Waals surface area contributed by atoms with Gasteiger partial charge in [-0.1, -0.05) is 12.1 Å². The van der Waals surface area contributed by atoms with E-state index in [2.05, 4.69) is 4.98 Å². The minimum Gasteiger partial charge on any atom is -0.439 e. The van der Waals surface area contributed by atoms with Gasteiger partial charge in [-0.25, -0.2) is 4.98 Å². The molecule has 0 bridgehead atoms. The van der Waals surface area contributed by atoms with E-state index in [1.54, 1.807) is 19.1 Å². The minimum absolute atomic E-state index is 0.0224. The molecule has 0 radical (unpaired) electrons. The lowest BCUT2D eigenvalue weighted by Crippen LogP contribution is -1.97. The van der Waals surface area contributed by atoms with Crippen molar-refractivity contribution in [1.82, 2.24) is 4.98 Å². The van der Waals surface area contributed by atoms with Gasteiger partial charge in [0.05, 0.1) is 4.92 Å². The lowest BCUT2D eigenvalue weighted by molar-refractivity contribution is -0.385. The monoisotopic (exact) mass is 259 g/mol. The molecule has 0 saturated carbocycles. The maximum Gasteiger partial charge on any atom is 0.290 e. The number of pyridine rings is 1. The van der Waals surface area contributed by atoms with Crippen LogP contribution in [0.5, 0.6) is 11.6 Å². The summed E-state index contributed by atoms with van der Waals surface area (Å²) in [5.74, 6) is 0.932. The third-order valence-electron chi connectivity index (χ3n) is 2.61. The van der Waals surface area contributed by atoms with E-state index in [-0.39, 0.29) is 5.69 Å². The third kappa shape index (κ3) is 3.05. The Morgan fingerprint density at radius 3 is 2.47 bits per heavy atom. The van der Waals surface area contributed by atoms with Crippen LogP contribution in [0.2, 0.25) is 0 Å². The molecule has 0 unspecified atom stereocenters. The molecule has 0 spiro atoms. The highest BCUT2D eigenvalue weighted by Gasteiger charge is 2.12. The van der Waals surface area contributed by atoms with Gasteiger partial charge < -0.3 is 10.5 Å². The molecule has 6 nitrogen and oxygen atoms in total. The number of aryl methyl sites for hydroxylation is 1. The predicted octanol–water partition coefficient (Wildman–Crippen LogP) is 2.55. The van der Waals surface area contributed by atoms with Crippen LogP contribution in [0.1, 0.15) is 11.3 Å². The Hall–Kier alpha value is -2.47. The first-order valence-electron chi connectivity index (χ1n) is 5.69. The Morgan fingerprint density at radius 1 is 1.26 bits per heavy atom. The molecule has 0 aliphatic heterocycles. The van der Waals surface area contributed by atoms with E-state index in [9.17, 15) is 10.1 Å². The van der Waals surface area contributed by atoms with Crippen LogP contribution in [-0.2, 0) is 6.54 Å². The fourth-order valence-corrected chi connectivity index (χ4v) is 1.59. The molecule has 0 amide bonds. The Bertz CT molecular complexity index is 597. The first-order valence-corrected chi connectivity index (χ1v) is 5.69. The summed E-state index contributed by atoms with van der Waals surface area (Å²) in [5.41, 5.74) is 6.80. The van der Waals surface area contributed by atoms with Gasteiger partial charge in [-0.05, 0) is 24.6 Å². The first-order chi connectivity index (χ1) is 9.10. The van der Waals surface area contributed by atoms with Crippen molar-refractivity contribution < 1.29 is 9.66 Å². The highest BCUT2D eigenvalue weighted by Crippen LogP contribution is 2.23. The molecule has 0 aliphatic carbocycles. The van der Waals surface area contributed by atoms with E-state index in [1.807, 2.05) is 12.1 Å². The smallest absolute Gasteiger partial charge is 0.290 e. The minimum atomic E-state index is -0.470. The maximum atomic E-state index is 10.7. The highest BCUT2D eigenvalue weighted by atomic mass is 16.6. The van der Waals surface area contributed by atoms with E-state index in [4.69, 9.17) is 10.5 Å². The van der Waals surface area contributed by atoms with Crippen LogP contribution in [0, 0.1) is 17.0 Å². The number of ether oxygens (including phenoxy) is 1. The van der Waals surface area contributed by atoms with E-state index < -0.39 is 4.92 Å². The van der Waals surface area contributed by atoms with Crippen molar-refractivity contribution in [3.63, 3.8) is 0 Å². The van der Waals surface area contributed by atoms with Crippen molar-refractivity contribution in [3.8, 4) is 11.6 Å². The summed E-state index contributed by atoms with van der Waals surface area (Å²) in [6.45, 7) is 2.04. The number of aromatic nitrogens is 1. The molecule has 0 atom stereocenters. The predicted molar refractivity (Wildman–Crippen MR) is 70.0 cm³/mol. The number of nitrogens with two attached hydrogens (primary N) is 1. The summed E-state index contributed by atoms with van der Waals surface area (Å²) < 4.78 is 5.52. The molecule has 2 rings (SSSR count). The molecule has 98 valence electrons. The van der Waals surface area contributed by atoms with Gasteiger partial charge in [-0.2, -0.15) is 0 Å². The van der Waals surface area contributed by atoms with Crippen molar-refractivity contribution >= 4 is 5.69 Å². The second-order valence-corrected chi connectivity index (χ2v) is 3.96. The Labute approximate surface area is 110 Å². The lowest BCUT2D eigenvalue weighted by atomic mass is 10.2. The summed E-state index contributed by atoms with van der Waals surface area (Å²) in [7, 11) is 0. The van der Waals surface area contributed by atoms with Crippen LogP contribution in [-0.4, -0.2) is 9.91 Å². The van der Waals surface area contributed by atoms with Crippen molar-refractivity contribution in [2.24, 2.45) is 5.73 Å². The molecule has 0 aliphatic rings. The normalized spacial score (nSPS) is 10.2. The molecule has 0 saturated heterocycles. The van der Waals surface area contributed by atoms with E-state index >= 15 is 0 Å². The zero-order valence-electron chi connectivity index (χ0n) is 10.4. The number of rotatable bonds is 4. The second kappa shape index (κ2) is 5.45. The van der Waals surface area contributed by atoms with Crippen LogP contribution in [0.15, 0.2) is 36.4 Å². The van der Waals surface area contributed by atoms with Crippen LogP contribution in [0.25, 0.3) is 0 Å². The average molecular weight is 259 g/mol. The van der Waals surface area contributed by atoms with Gasteiger partial charge in [0, 0.05) is 18.7 Å². The summed E-state index contributed by atoms with van der Waals surface area (Å²) in [6, 6.07) is 10.1. The molecular formula is C13H13N3O3. The fraction of sp³-hybridized carbons (Fsp3) is 0.154. The molecular weight excluding hydrogens is 246 g/mol. The Morgan fingerprint density at radius 2 is 1.95 bits per heavy atom. The summed E-state index contributed by atoms with van der Waals surface area (Å²) >= 11 is 0. The molecule has 2 N–H and O–H groups in total. The lowest BCUT2D eigenvalue weighted by Gasteiger charge is -2.06. The molecule has 6 heteroatoms. The van der Waals surface area contributed by atoms with Crippen LogP contribution < -0.4 is 10.5 Å². The van der Waals surface area contributed by atoms with Gasteiger partial charge in [-0.15, -0.1) is 0 Å². The zero-order valence-corrected chi connectivity index (χ0v) is 10.4. The van der Waals surface area contributed by atoms with Gasteiger partial charge in [-0.3, -0.25) is 10.1 Å². The molecule has 1 aromatic carbocycles. The Kier molecular flexibility index (Phi) is 3.72. The summed E-state index contributed by atoms with van der Waals surface area (Å²) in [4.78, 5) is 14.2. The summed E-state index contributed by atoms with van der Waals surface area (Å²) in [6.07, 6.45) is 0. The van der Waals surface area contributed by atoms with Crippen molar-refractivity contribution in [1.29, 1.82) is 0 Å². The standard InChI is InChI=1S/C13H13N3O3/c1-9-12(16(17)18)6-7-13(15-9)19-11-4-2-10(8-14)3-5-11/h2-7H,8,14H2,1H3. The molecule has 0 fully saturated rings. The van der Waals surface area contributed by atoms with Crippen LogP contribution >= 0.6 is 0 Å². The van der Waals surface area contributed by atoms with Crippen molar-refractivity contribution in [2.45, 2.75) is 13.5 Å². The van der Waals surface area contributed by atoms with E-state index in [0.717, 1.165) is 5.56 Å². The second-order valence-electron chi connectivity index (χ2n) is 3.96. The van der Waals surface area contributed by atoms with Gasteiger partial charge >= 0.3 is 0 Å². The van der Waals surface area contributed by atoms with Gasteiger partial charge in [0.1, 0.15) is 11.4 Å². The van der Waals surface area contributed by atoms with Gasteiger partial charge in [0.2, 0.25) is 5.88 Å². The van der Waals surface area contributed by atoms with Crippen molar-refractivity contribution in [2.75, 3.05) is 0 Å². The van der Waals surface area contributed by atoms with Crippen molar-refractivity contribution in [3.05, 3.63) is 57.8 Å². The largest absolute Gasteiger partial charge is 0.439 e. The number of hydrogen-bond donors (Lipinski definition) is 1. The number of hydrogen-bond acceptors (Lipinski definition) is 5. The SMILES string of the molecule is Cc1nc(Oc2ccc(CN)cc2)ccc1[N+](=O)[O-]. The van der Waals surface area contributed by atoms with Crippen LogP contribution in [0.4, 0.5) is 5.69 Å². The average Bonchev–Trinajstić information content (AvgIpc) is 2.39. The van der Waals surface area contributed by atoms with Gasteiger partial charge in [0.25, 0.3) is 5.69 Å². The highest BCUT2D eigenvalue weighted by molar-refractivity contribution is 5.38. The number of nitrogens with zero attached hydrogens (tertiary/aromatic N) is 2. The quantitative estimate of drug-likeness (QED) is 0.673. The third-order valence-corrected chi connectivity index (χ3v) is 2.61. The van der Waals surface area contributed by atoms with Gasteiger partial charge in [0.15, 0.2) is 0 Å². The zero-order chi connectivity index (χ0) is 13.8. The first kappa shape index (κ1) is 13.0. The Balaban J connectivity index is 2.18. The molecule has 19 heavy (non-hydrogen) atoms. The number of benzene rings is 1. The molecule has 1 heterocycles. The van der Waals surface area contributed by atoms with Crippen LogP contribution in [0.3, 0.4) is 0 Å². The molecule has 2 aromatic rings. The molecule has 1 aromatic heterocycles. The summed E-state index contributed by atoms with van der Waals surface area (Å²) in [5, 5.41) is 10.7. The van der Waals surface area contributed by atoms with E-state index in [1.165, 1.54) is 12.1 Å².